The van der Waals surface area contributed by atoms with Gasteiger partial charge in [-0.25, -0.2) is 0 Å². The Morgan fingerprint density at radius 3 is 2.50 bits per heavy atom. The van der Waals surface area contributed by atoms with E-state index in [1.165, 1.54) is 24.1 Å². The summed E-state index contributed by atoms with van der Waals surface area (Å²) < 4.78 is 10.6. The van der Waals surface area contributed by atoms with E-state index >= 15 is 0 Å². The number of rotatable bonds is 8. The maximum atomic E-state index is 12.7. The molecule has 3 rings (SSSR count). The van der Waals surface area contributed by atoms with E-state index in [4.69, 9.17) is 9.47 Å². The van der Waals surface area contributed by atoms with Crippen LogP contribution < -0.4 is 15.0 Å². The molecule has 32 heavy (non-hydrogen) atoms. The van der Waals surface area contributed by atoms with Crippen LogP contribution in [-0.2, 0) is 9.53 Å². The van der Waals surface area contributed by atoms with Crippen molar-refractivity contribution in [1.82, 2.24) is 4.90 Å². The van der Waals surface area contributed by atoms with Crippen LogP contribution in [0.2, 0.25) is 0 Å². The molecule has 10 nitrogen and oxygen atoms in total. The number of nitro benzene ring substituents is 1. The van der Waals surface area contributed by atoms with Gasteiger partial charge in [-0.05, 0) is 43.3 Å². The first-order chi connectivity index (χ1) is 15.4. The molecule has 2 aromatic carbocycles. The number of ether oxygens (including phenoxy) is 2. The summed E-state index contributed by atoms with van der Waals surface area (Å²) in [7, 11) is 1.46. The molecule has 2 aromatic rings. The summed E-state index contributed by atoms with van der Waals surface area (Å²) in [5.41, 5.74) is 1.47. The Labute approximate surface area is 185 Å². The number of benzene rings is 2. The van der Waals surface area contributed by atoms with Gasteiger partial charge in [-0.15, -0.1) is 0 Å². The van der Waals surface area contributed by atoms with Gasteiger partial charge in [0.05, 0.1) is 31.3 Å². The quantitative estimate of drug-likeness (QED) is 0.494. The fraction of sp³-hybridized carbons (Fsp3) is 0.364. The number of carbonyl (C=O) groups excluding carboxylic acids is 2. The Balaban J connectivity index is 1.59. The molecule has 0 radical (unpaired) electrons. The highest BCUT2D eigenvalue weighted by atomic mass is 16.6. The second kappa shape index (κ2) is 10.6. The van der Waals surface area contributed by atoms with Crippen LogP contribution in [0.3, 0.4) is 0 Å². The Morgan fingerprint density at radius 2 is 1.88 bits per heavy atom. The fourth-order valence-corrected chi connectivity index (χ4v) is 3.36. The fourth-order valence-electron chi connectivity index (χ4n) is 3.36. The van der Waals surface area contributed by atoms with E-state index < -0.39 is 10.8 Å². The van der Waals surface area contributed by atoms with E-state index in [2.05, 4.69) is 10.2 Å². The van der Waals surface area contributed by atoms with Gasteiger partial charge in [-0.2, -0.15) is 0 Å². The molecule has 0 atom stereocenters. The third-order valence-corrected chi connectivity index (χ3v) is 4.96. The number of carbonyl (C=O) groups is 2. The lowest BCUT2D eigenvalue weighted by Gasteiger charge is -2.28. The first-order valence-electron chi connectivity index (χ1n) is 10.3. The number of nitrogens with zero attached hydrogens (tertiary/aromatic N) is 3. The molecule has 1 saturated heterocycles. The molecule has 0 bridgehead atoms. The van der Waals surface area contributed by atoms with Crippen LogP contribution in [0.5, 0.6) is 5.75 Å². The van der Waals surface area contributed by atoms with Crippen molar-refractivity contribution in [3.63, 3.8) is 0 Å². The number of morpholine rings is 1. The van der Waals surface area contributed by atoms with Crippen molar-refractivity contribution < 1.29 is 24.0 Å². The number of hydrogen-bond acceptors (Lipinski definition) is 7. The normalized spacial score (nSPS) is 13.4. The van der Waals surface area contributed by atoms with Crippen molar-refractivity contribution >= 4 is 28.9 Å². The minimum Gasteiger partial charge on any atom is -0.487 e. The molecule has 0 aromatic heterocycles. The first kappa shape index (κ1) is 23.0. The Morgan fingerprint density at radius 1 is 1.19 bits per heavy atom. The summed E-state index contributed by atoms with van der Waals surface area (Å²) in [6.45, 7) is 4.80. The van der Waals surface area contributed by atoms with Gasteiger partial charge in [-0.1, -0.05) is 0 Å². The van der Waals surface area contributed by atoms with Crippen LogP contribution in [-0.4, -0.2) is 68.1 Å². The van der Waals surface area contributed by atoms with Gasteiger partial charge in [0.15, 0.2) is 5.75 Å². The van der Waals surface area contributed by atoms with Gasteiger partial charge in [-0.3, -0.25) is 19.7 Å². The van der Waals surface area contributed by atoms with Crippen LogP contribution in [0.1, 0.15) is 17.3 Å². The molecular formula is C22H26N4O6. The van der Waals surface area contributed by atoms with Gasteiger partial charge >= 0.3 is 5.69 Å². The van der Waals surface area contributed by atoms with Crippen LogP contribution in [0, 0.1) is 10.1 Å². The molecule has 1 fully saturated rings. The predicted molar refractivity (Wildman–Crippen MR) is 119 cm³/mol. The summed E-state index contributed by atoms with van der Waals surface area (Å²) >= 11 is 0. The van der Waals surface area contributed by atoms with E-state index in [1.54, 1.807) is 19.1 Å². The average molecular weight is 442 g/mol. The molecule has 1 heterocycles. The zero-order valence-electron chi connectivity index (χ0n) is 18.1. The van der Waals surface area contributed by atoms with Crippen LogP contribution in [0.4, 0.5) is 17.1 Å². The van der Waals surface area contributed by atoms with E-state index in [1.807, 2.05) is 12.1 Å². The number of amides is 2. The number of nitro groups is 1. The molecule has 2 amide bonds. The van der Waals surface area contributed by atoms with Gasteiger partial charge < -0.3 is 24.6 Å². The molecule has 10 heteroatoms. The third-order valence-electron chi connectivity index (χ3n) is 4.96. The molecule has 0 spiro atoms. The van der Waals surface area contributed by atoms with Gasteiger partial charge in [0.25, 0.3) is 5.91 Å². The summed E-state index contributed by atoms with van der Waals surface area (Å²) in [6, 6.07) is 11.5. The van der Waals surface area contributed by atoms with E-state index in [-0.39, 0.29) is 36.1 Å². The Kier molecular flexibility index (Phi) is 7.61. The predicted octanol–water partition coefficient (Wildman–Crippen LogP) is 2.54. The number of hydrogen-bond donors (Lipinski definition) is 1. The summed E-state index contributed by atoms with van der Waals surface area (Å²) in [6.07, 6.45) is 0. The molecule has 1 N–H and O–H groups in total. The minimum atomic E-state index is -0.602. The smallest absolute Gasteiger partial charge is 0.311 e. The van der Waals surface area contributed by atoms with Crippen LogP contribution >= 0.6 is 0 Å². The van der Waals surface area contributed by atoms with Gasteiger partial charge in [0.2, 0.25) is 5.91 Å². The number of nitrogens with one attached hydrogen (secondary N) is 1. The first-order valence-corrected chi connectivity index (χ1v) is 10.3. The molecule has 0 aliphatic carbocycles. The lowest BCUT2D eigenvalue weighted by molar-refractivity contribution is -0.385. The average Bonchev–Trinajstić information content (AvgIpc) is 2.80. The van der Waals surface area contributed by atoms with Crippen molar-refractivity contribution in [2.75, 3.05) is 56.7 Å². The maximum absolute atomic E-state index is 12.7. The number of anilines is 2. The van der Waals surface area contributed by atoms with E-state index in [0.717, 1.165) is 24.8 Å². The van der Waals surface area contributed by atoms with Crippen molar-refractivity contribution in [1.29, 1.82) is 0 Å². The SMILES string of the molecule is CCOc1ccc(C(=O)N(C)CC(=O)Nc2ccc(N3CCOCC3)cc2)cc1[N+](=O)[O-]. The van der Waals surface area contributed by atoms with E-state index in [0.29, 0.717) is 18.9 Å². The van der Waals surface area contributed by atoms with Gasteiger partial charge in [0.1, 0.15) is 0 Å². The maximum Gasteiger partial charge on any atom is 0.311 e. The molecule has 0 unspecified atom stereocenters. The summed E-state index contributed by atoms with van der Waals surface area (Å²) in [4.78, 5) is 39.1. The molecule has 0 saturated carbocycles. The zero-order chi connectivity index (χ0) is 23.1. The van der Waals surface area contributed by atoms with Crippen molar-refractivity contribution in [2.24, 2.45) is 0 Å². The molecule has 170 valence electrons. The Bertz CT molecular complexity index is 973. The van der Waals surface area contributed by atoms with E-state index in [9.17, 15) is 19.7 Å². The number of likely N-dealkylation sites (N-methyl/N-ethyl adjacent to an activating group) is 1. The molecule has 1 aliphatic rings. The summed E-state index contributed by atoms with van der Waals surface area (Å²) in [5.74, 6) is -0.788. The van der Waals surface area contributed by atoms with Crippen molar-refractivity contribution in [3.05, 3.63) is 58.1 Å². The summed E-state index contributed by atoms with van der Waals surface area (Å²) in [5, 5.41) is 14.0. The molecular weight excluding hydrogens is 416 g/mol. The molecule has 1 aliphatic heterocycles. The topological polar surface area (TPSA) is 114 Å². The highest BCUT2D eigenvalue weighted by molar-refractivity contribution is 5.99. The lowest BCUT2D eigenvalue weighted by atomic mass is 10.1. The second-order valence-corrected chi connectivity index (χ2v) is 7.23. The minimum absolute atomic E-state index is 0.0926. The van der Waals surface area contributed by atoms with Crippen LogP contribution in [0.25, 0.3) is 0 Å². The third kappa shape index (κ3) is 5.73. The zero-order valence-corrected chi connectivity index (χ0v) is 18.1. The monoisotopic (exact) mass is 442 g/mol. The van der Waals surface area contributed by atoms with Crippen molar-refractivity contribution in [3.8, 4) is 5.75 Å². The standard InChI is InChI=1S/C22H26N4O6/c1-3-32-20-9-4-16(14-19(20)26(29)30)22(28)24(2)15-21(27)23-17-5-7-18(8-6-17)25-10-12-31-13-11-25/h4-9,14H,3,10-13,15H2,1-2H3,(H,23,27). The van der Waals surface area contributed by atoms with Crippen molar-refractivity contribution in [2.45, 2.75) is 6.92 Å². The Hall–Kier alpha value is -3.66. The highest BCUT2D eigenvalue weighted by Crippen LogP contribution is 2.28. The second-order valence-electron chi connectivity index (χ2n) is 7.23. The highest BCUT2D eigenvalue weighted by Gasteiger charge is 2.21. The lowest BCUT2D eigenvalue weighted by Crippen LogP contribution is -2.36. The van der Waals surface area contributed by atoms with Crippen LogP contribution in [0.15, 0.2) is 42.5 Å². The largest absolute Gasteiger partial charge is 0.487 e. The van der Waals surface area contributed by atoms with Gasteiger partial charge in [0, 0.05) is 43.1 Å².